The normalized spacial score (nSPS) is 10.2. The van der Waals surface area contributed by atoms with Gasteiger partial charge in [-0.15, -0.1) is 0 Å². The first kappa shape index (κ1) is 14.1. The third-order valence-corrected chi connectivity index (χ3v) is 2.94. The molecule has 0 saturated carbocycles. The number of hydrogen-bond donors (Lipinski definition) is 0. The highest BCUT2D eigenvalue weighted by Crippen LogP contribution is 2.29. The molecule has 0 aliphatic carbocycles. The van der Waals surface area contributed by atoms with Gasteiger partial charge >= 0.3 is 6.16 Å². The number of aldehydes is 1. The summed E-state index contributed by atoms with van der Waals surface area (Å²) in [5, 5.41) is 1.61. The molecule has 0 saturated heterocycles. The zero-order valence-corrected chi connectivity index (χ0v) is 11.3. The minimum atomic E-state index is -0.780. The Hall–Kier alpha value is -2.36. The molecular weight excluding hydrogens is 256 g/mol. The van der Waals surface area contributed by atoms with Gasteiger partial charge in [0, 0.05) is 5.39 Å². The van der Waals surface area contributed by atoms with E-state index < -0.39 is 6.16 Å². The number of carbonyl (C=O) groups excluding carboxylic acids is 2. The van der Waals surface area contributed by atoms with Crippen LogP contribution in [0.25, 0.3) is 10.8 Å². The lowest BCUT2D eigenvalue weighted by Gasteiger charge is -2.10. The molecule has 104 valence electrons. The second-order valence-electron chi connectivity index (χ2n) is 4.38. The van der Waals surface area contributed by atoms with Crippen molar-refractivity contribution in [1.82, 2.24) is 0 Å². The van der Waals surface area contributed by atoms with Crippen molar-refractivity contribution in [2.24, 2.45) is 0 Å². The first-order valence-corrected chi connectivity index (χ1v) is 6.57. The summed E-state index contributed by atoms with van der Waals surface area (Å²) in [5.41, 5.74) is 0.330. The van der Waals surface area contributed by atoms with Crippen molar-refractivity contribution in [2.45, 2.75) is 19.8 Å². The summed E-state index contributed by atoms with van der Waals surface area (Å²) in [6, 6.07) is 10.8. The SMILES string of the molecule is CCCCOC(=O)Oc1c(C=O)ccc2ccccc12. The van der Waals surface area contributed by atoms with Crippen LogP contribution in [0.2, 0.25) is 0 Å². The van der Waals surface area contributed by atoms with Gasteiger partial charge in [-0.25, -0.2) is 4.79 Å². The maximum Gasteiger partial charge on any atom is 0.513 e. The molecule has 20 heavy (non-hydrogen) atoms. The lowest BCUT2D eigenvalue weighted by atomic mass is 10.1. The molecule has 4 heteroatoms. The average Bonchev–Trinajstić information content (AvgIpc) is 2.48. The molecule has 0 N–H and O–H groups in total. The van der Waals surface area contributed by atoms with Gasteiger partial charge in [0.15, 0.2) is 12.0 Å². The fraction of sp³-hybridized carbons (Fsp3) is 0.250. The predicted octanol–water partition coefficient (Wildman–Crippen LogP) is 3.97. The fourth-order valence-electron chi connectivity index (χ4n) is 1.88. The lowest BCUT2D eigenvalue weighted by Crippen LogP contribution is -2.12. The molecule has 0 aromatic heterocycles. The van der Waals surface area contributed by atoms with Crippen molar-refractivity contribution in [3.05, 3.63) is 42.0 Å². The molecule has 2 aromatic rings. The molecule has 0 spiro atoms. The van der Waals surface area contributed by atoms with E-state index in [1.807, 2.05) is 31.2 Å². The molecule has 0 unspecified atom stereocenters. The number of benzene rings is 2. The second kappa shape index (κ2) is 6.70. The molecule has 2 rings (SSSR count). The van der Waals surface area contributed by atoms with Crippen molar-refractivity contribution >= 4 is 23.2 Å². The summed E-state index contributed by atoms with van der Waals surface area (Å²) in [7, 11) is 0. The summed E-state index contributed by atoms with van der Waals surface area (Å²) in [5.74, 6) is 0.250. The molecule has 2 aromatic carbocycles. The molecule has 0 aliphatic heterocycles. The topological polar surface area (TPSA) is 52.6 Å². The minimum absolute atomic E-state index is 0.250. The standard InChI is InChI=1S/C16H16O4/c1-2-3-10-19-16(18)20-15-13(11-17)9-8-12-6-4-5-7-14(12)15/h4-9,11H,2-3,10H2,1H3. The molecular formula is C16H16O4. The Bertz CT molecular complexity index is 619. The van der Waals surface area contributed by atoms with Crippen LogP contribution in [0.3, 0.4) is 0 Å². The smallest absolute Gasteiger partial charge is 0.434 e. The van der Waals surface area contributed by atoms with E-state index in [9.17, 15) is 9.59 Å². The number of carbonyl (C=O) groups is 2. The number of rotatable bonds is 5. The van der Waals surface area contributed by atoms with E-state index in [-0.39, 0.29) is 5.75 Å². The van der Waals surface area contributed by atoms with Crippen molar-refractivity contribution in [1.29, 1.82) is 0 Å². The van der Waals surface area contributed by atoms with Gasteiger partial charge in [-0.3, -0.25) is 4.79 Å². The highest BCUT2D eigenvalue weighted by atomic mass is 16.7. The third-order valence-electron chi connectivity index (χ3n) is 2.94. The van der Waals surface area contributed by atoms with Gasteiger partial charge in [0.25, 0.3) is 0 Å². The van der Waals surface area contributed by atoms with Crippen LogP contribution in [0.4, 0.5) is 4.79 Å². The van der Waals surface area contributed by atoms with Gasteiger partial charge in [0.05, 0.1) is 12.2 Å². The number of hydrogen-bond acceptors (Lipinski definition) is 4. The van der Waals surface area contributed by atoms with Crippen molar-refractivity contribution in [3.63, 3.8) is 0 Å². The van der Waals surface area contributed by atoms with Gasteiger partial charge in [0.2, 0.25) is 0 Å². The summed E-state index contributed by atoms with van der Waals surface area (Å²) < 4.78 is 10.2. The largest absolute Gasteiger partial charge is 0.513 e. The van der Waals surface area contributed by atoms with Gasteiger partial charge in [-0.05, 0) is 17.9 Å². The van der Waals surface area contributed by atoms with Crippen LogP contribution >= 0.6 is 0 Å². The summed E-state index contributed by atoms with van der Waals surface area (Å²) in [4.78, 5) is 22.7. The van der Waals surface area contributed by atoms with E-state index in [0.29, 0.717) is 23.8 Å². The van der Waals surface area contributed by atoms with E-state index in [0.717, 1.165) is 18.2 Å². The van der Waals surface area contributed by atoms with Crippen LogP contribution in [0.15, 0.2) is 36.4 Å². The zero-order valence-electron chi connectivity index (χ0n) is 11.3. The highest BCUT2D eigenvalue weighted by molar-refractivity contribution is 5.97. The lowest BCUT2D eigenvalue weighted by molar-refractivity contribution is 0.0976. The second-order valence-corrected chi connectivity index (χ2v) is 4.38. The van der Waals surface area contributed by atoms with Gasteiger partial charge in [-0.1, -0.05) is 43.7 Å². The first-order valence-electron chi connectivity index (χ1n) is 6.57. The Balaban J connectivity index is 2.27. The molecule has 0 heterocycles. The average molecular weight is 272 g/mol. The van der Waals surface area contributed by atoms with Gasteiger partial charge in [0.1, 0.15) is 0 Å². The maximum absolute atomic E-state index is 11.6. The summed E-state index contributed by atoms with van der Waals surface area (Å²) in [6.45, 7) is 2.32. The van der Waals surface area contributed by atoms with Crippen LogP contribution in [0, 0.1) is 0 Å². The van der Waals surface area contributed by atoms with E-state index in [1.165, 1.54) is 0 Å². The van der Waals surface area contributed by atoms with E-state index in [4.69, 9.17) is 9.47 Å². The van der Waals surface area contributed by atoms with E-state index >= 15 is 0 Å². The van der Waals surface area contributed by atoms with E-state index in [2.05, 4.69) is 0 Å². The molecule has 0 amide bonds. The number of fused-ring (bicyclic) bond motifs is 1. The van der Waals surface area contributed by atoms with Crippen LogP contribution in [-0.2, 0) is 4.74 Å². The van der Waals surface area contributed by atoms with Gasteiger partial charge < -0.3 is 9.47 Å². The molecule has 0 atom stereocenters. The fourth-order valence-corrected chi connectivity index (χ4v) is 1.88. The number of ether oxygens (including phenoxy) is 2. The minimum Gasteiger partial charge on any atom is -0.434 e. The maximum atomic E-state index is 11.6. The third kappa shape index (κ3) is 3.15. The Morgan fingerprint density at radius 2 is 2.00 bits per heavy atom. The summed E-state index contributed by atoms with van der Waals surface area (Å²) >= 11 is 0. The van der Waals surface area contributed by atoms with Crippen LogP contribution < -0.4 is 4.74 Å². The van der Waals surface area contributed by atoms with Crippen LogP contribution in [0.1, 0.15) is 30.1 Å². The predicted molar refractivity (Wildman–Crippen MR) is 76.2 cm³/mol. The Morgan fingerprint density at radius 3 is 2.75 bits per heavy atom. The van der Waals surface area contributed by atoms with Gasteiger partial charge in [-0.2, -0.15) is 0 Å². The first-order chi connectivity index (χ1) is 9.76. The molecule has 0 fully saturated rings. The highest BCUT2D eigenvalue weighted by Gasteiger charge is 2.13. The Labute approximate surface area is 117 Å². The van der Waals surface area contributed by atoms with E-state index in [1.54, 1.807) is 12.1 Å². The molecule has 0 aliphatic rings. The number of unbranched alkanes of at least 4 members (excludes halogenated alkanes) is 1. The van der Waals surface area contributed by atoms with Crippen LogP contribution in [0.5, 0.6) is 5.75 Å². The van der Waals surface area contributed by atoms with Crippen molar-refractivity contribution < 1.29 is 19.1 Å². The monoisotopic (exact) mass is 272 g/mol. The molecule has 0 radical (unpaired) electrons. The molecule has 0 bridgehead atoms. The Morgan fingerprint density at radius 1 is 1.20 bits per heavy atom. The quantitative estimate of drug-likeness (QED) is 0.358. The van der Waals surface area contributed by atoms with Crippen molar-refractivity contribution in [2.75, 3.05) is 6.61 Å². The zero-order chi connectivity index (χ0) is 14.4. The Kier molecular flexibility index (Phi) is 4.71. The van der Waals surface area contributed by atoms with Crippen LogP contribution in [-0.4, -0.2) is 19.0 Å². The molecule has 4 nitrogen and oxygen atoms in total. The summed E-state index contributed by atoms with van der Waals surface area (Å²) in [6.07, 6.45) is 1.60. The van der Waals surface area contributed by atoms with Crippen molar-refractivity contribution in [3.8, 4) is 5.75 Å².